The van der Waals surface area contributed by atoms with E-state index in [-0.39, 0.29) is 11.9 Å². The third kappa shape index (κ3) is 2.73. The fourth-order valence-electron chi connectivity index (χ4n) is 3.28. The molecule has 0 bridgehead atoms. The number of hydrogen-bond acceptors (Lipinski definition) is 3. The minimum absolute atomic E-state index is 0.0829. The van der Waals surface area contributed by atoms with Crippen LogP contribution < -0.4 is 5.32 Å². The number of aliphatic carboxylic acids is 1. The lowest BCUT2D eigenvalue weighted by atomic mass is 10.1. The Bertz CT molecular complexity index is 533. The topological polar surface area (TPSA) is 69.6 Å². The minimum atomic E-state index is -0.888. The van der Waals surface area contributed by atoms with Crippen LogP contribution in [0.1, 0.15) is 31.2 Å². The van der Waals surface area contributed by atoms with Gasteiger partial charge in [-0.1, -0.05) is 31.0 Å². The third-order valence-corrected chi connectivity index (χ3v) is 4.39. The van der Waals surface area contributed by atoms with Gasteiger partial charge in [0.15, 0.2) is 0 Å². The predicted octanol–water partition coefficient (Wildman–Crippen LogP) is 1.88. The Hall–Kier alpha value is -2.04. The molecule has 1 fully saturated rings. The normalized spacial score (nSPS) is 24.9. The fourth-order valence-corrected chi connectivity index (χ4v) is 3.28. The number of carbonyl (C=O) groups excluding carboxylic acids is 1. The molecule has 1 saturated heterocycles. The SMILES string of the molecule is O=C(O)C1CCCCCN1C(=O)C1Cc2ccccc2N1. The van der Waals surface area contributed by atoms with Crippen LogP contribution >= 0.6 is 0 Å². The molecule has 1 amide bonds. The van der Waals surface area contributed by atoms with Crippen LogP contribution in [0.25, 0.3) is 0 Å². The number of benzene rings is 1. The molecule has 2 N–H and O–H groups in total. The first kappa shape index (κ1) is 13.9. The average molecular weight is 288 g/mol. The zero-order valence-electron chi connectivity index (χ0n) is 11.9. The van der Waals surface area contributed by atoms with E-state index >= 15 is 0 Å². The predicted molar refractivity (Wildman–Crippen MR) is 79.2 cm³/mol. The minimum Gasteiger partial charge on any atom is -0.480 e. The molecule has 2 atom stereocenters. The van der Waals surface area contributed by atoms with Gasteiger partial charge in [0.25, 0.3) is 0 Å². The number of carboxylic acids is 1. The van der Waals surface area contributed by atoms with E-state index in [9.17, 15) is 14.7 Å². The van der Waals surface area contributed by atoms with Gasteiger partial charge in [-0.2, -0.15) is 0 Å². The molecule has 2 unspecified atom stereocenters. The van der Waals surface area contributed by atoms with E-state index in [1.54, 1.807) is 4.90 Å². The number of carbonyl (C=O) groups is 2. The first-order chi connectivity index (χ1) is 10.2. The molecule has 3 rings (SSSR count). The zero-order valence-corrected chi connectivity index (χ0v) is 11.9. The average Bonchev–Trinajstić information content (AvgIpc) is 2.75. The van der Waals surface area contributed by atoms with Crippen molar-refractivity contribution in [3.05, 3.63) is 29.8 Å². The lowest BCUT2D eigenvalue weighted by Crippen LogP contribution is -2.50. The maximum absolute atomic E-state index is 12.7. The molecule has 2 aliphatic heterocycles. The van der Waals surface area contributed by atoms with E-state index in [0.29, 0.717) is 19.4 Å². The number of nitrogens with one attached hydrogen (secondary N) is 1. The van der Waals surface area contributed by atoms with Gasteiger partial charge in [0.05, 0.1) is 0 Å². The fraction of sp³-hybridized carbons (Fsp3) is 0.500. The number of nitrogens with zero attached hydrogens (tertiary/aromatic N) is 1. The molecular weight excluding hydrogens is 268 g/mol. The Labute approximate surface area is 123 Å². The summed E-state index contributed by atoms with van der Waals surface area (Å²) in [6.45, 7) is 0.546. The molecule has 1 aromatic rings. The maximum Gasteiger partial charge on any atom is 0.326 e. The van der Waals surface area contributed by atoms with E-state index < -0.39 is 12.0 Å². The van der Waals surface area contributed by atoms with Gasteiger partial charge >= 0.3 is 5.97 Å². The largest absolute Gasteiger partial charge is 0.480 e. The van der Waals surface area contributed by atoms with Crippen LogP contribution in [-0.4, -0.2) is 40.5 Å². The van der Waals surface area contributed by atoms with E-state index in [1.165, 1.54) is 0 Å². The lowest BCUT2D eigenvalue weighted by molar-refractivity contribution is -0.150. The molecule has 0 aromatic heterocycles. The molecule has 5 nitrogen and oxygen atoms in total. The van der Waals surface area contributed by atoms with Gasteiger partial charge in [-0.25, -0.2) is 4.79 Å². The number of para-hydroxylation sites is 1. The van der Waals surface area contributed by atoms with Crippen molar-refractivity contribution < 1.29 is 14.7 Å². The zero-order chi connectivity index (χ0) is 14.8. The number of hydrogen-bond donors (Lipinski definition) is 2. The summed E-state index contributed by atoms with van der Waals surface area (Å²) < 4.78 is 0. The summed E-state index contributed by atoms with van der Waals surface area (Å²) in [5.41, 5.74) is 2.11. The number of amides is 1. The summed E-state index contributed by atoms with van der Waals surface area (Å²) >= 11 is 0. The number of anilines is 1. The van der Waals surface area contributed by atoms with Crippen molar-refractivity contribution in [3.63, 3.8) is 0 Å². The van der Waals surface area contributed by atoms with Gasteiger partial charge in [-0.15, -0.1) is 0 Å². The van der Waals surface area contributed by atoms with Crippen molar-refractivity contribution >= 4 is 17.6 Å². The van der Waals surface area contributed by atoms with Crippen LogP contribution in [0.4, 0.5) is 5.69 Å². The van der Waals surface area contributed by atoms with E-state index in [4.69, 9.17) is 0 Å². The Kier molecular flexibility index (Phi) is 3.82. The van der Waals surface area contributed by atoms with E-state index in [1.807, 2.05) is 24.3 Å². The number of rotatable bonds is 2. The first-order valence-electron chi connectivity index (χ1n) is 7.54. The second-order valence-corrected chi connectivity index (χ2v) is 5.79. The second-order valence-electron chi connectivity index (χ2n) is 5.79. The van der Waals surface area contributed by atoms with Crippen LogP contribution in [0.2, 0.25) is 0 Å². The summed E-state index contributed by atoms with van der Waals surface area (Å²) in [5.74, 6) is -0.971. The third-order valence-electron chi connectivity index (χ3n) is 4.39. The highest BCUT2D eigenvalue weighted by Gasteiger charge is 2.36. The van der Waals surface area contributed by atoms with Crippen molar-refractivity contribution in [1.29, 1.82) is 0 Å². The van der Waals surface area contributed by atoms with Gasteiger partial charge < -0.3 is 15.3 Å². The van der Waals surface area contributed by atoms with E-state index in [2.05, 4.69) is 5.32 Å². The van der Waals surface area contributed by atoms with Gasteiger partial charge in [0.1, 0.15) is 12.1 Å². The summed E-state index contributed by atoms with van der Waals surface area (Å²) in [7, 11) is 0. The Morgan fingerprint density at radius 3 is 2.76 bits per heavy atom. The molecule has 1 aromatic carbocycles. The van der Waals surface area contributed by atoms with Crippen LogP contribution in [0, 0.1) is 0 Å². The number of likely N-dealkylation sites (tertiary alicyclic amines) is 1. The molecule has 21 heavy (non-hydrogen) atoms. The van der Waals surface area contributed by atoms with Gasteiger partial charge in [0.2, 0.25) is 5.91 Å². The van der Waals surface area contributed by atoms with Crippen LogP contribution in [-0.2, 0) is 16.0 Å². The standard InChI is InChI=1S/C16H20N2O3/c19-15(13-10-11-6-3-4-7-12(11)17-13)18-9-5-1-2-8-14(18)16(20)21/h3-4,6-7,13-14,17H,1-2,5,8-10H2,(H,20,21). The highest BCUT2D eigenvalue weighted by atomic mass is 16.4. The van der Waals surface area contributed by atoms with Gasteiger partial charge in [-0.3, -0.25) is 4.79 Å². The van der Waals surface area contributed by atoms with Crippen LogP contribution in [0.5, 0.6) is 0 Å². The Morgan fingerprint density at radius 2 is 2.00 bits per heavy atom. The molecule has 5 heteroatoms. The summed E-state index contributed by atoms with van der Waals surface area (Å²) in [4.78, 5) is 25.7. The van der Waals surface area contributed by atoms with Crippen molar-refractivity contribution in [2.45, 2.75) is 44.2 Å². The highest BCUT2D eigenvalue weighted by Crippen LogP contribution is 2.27. The van der Waals surface area contributed by atoms with Crippen molar-refractivity contribution in [1.82, 2.24) is 4.90 Å². The monoisotopic (exact) mass is 288 g/mol. The van der Waals surface area contributed by atoms with Gasteiger partial charge in [-0.05, 0) is 24.5 Å². The quantitative estimate of drug-likeness (QED) is 0.872. The van der Waals surface area contributed by atoms with Crippen LogP contribution in [0.3, 0.4) is 0 Å². The van der Waals surface area contributed by atoms with E-state index in [0.717, 1.165) is 30.5 Å². The lowest BCUT2D eigenvalue weighted by Gasteiger charge is -2.29. The summed E-state index contributed by atoms with van der Waals surface area (Å²) in [5, 5.41) is 12.6. The van der Waals surface area contributed by atoms with Crippen molar-refractivity contribution in [2.24, 2.45) is 0 Å². The number of carboxylic acid groups (broad SMARTS) is 1. The Morgan fingerprint density at radius 1 is 1.19 bits per heavy atom. The molecular formula is C16H20N2O3. The molecule has 0 radical (unpaired) electrons. The molecule has 0 spiro atoms. The summed E-state index contributed by atoms with van der Waals surface area (Å²) in [6.07, 6.45) is 3.94. The maximum atomic E-state index is 12.7. The molecule has 112 valence electrons. The number of fused-ring (bicyclic) bond motifs is 1. The van der Waals surface area contributed by atoms with Crippen molar-refractivity contribution in [3.8, 4) is 0 Å². The second kappa shape index (κ2) is 5.76. The first-order valence-corrected chi connectivity index (χ1v) is 7.54. The molecule has 2 aliphatic rings. The molecule has 2 heterocycles. The van der Waals surface area contributed by atoms with Crippen LogP contribution in [0.15, 0.2) is 24.3 Å². The summed E-state index contributed by atoms with van der Waals surface area (Å²) in [6, 6.07) is 6.85. The van der Waals surface area contributed by atoms with Gasteiger partial charge in [0, 0.05) is 18.7 Å². The smallest absolute Gasteiger partial charge is 0.326 e. The Balaban J connectivity index is 1.76. The highest BCUT2D eigenvalue weighted by molar-refractivity contribution is 5.90. The molecule has 0 aliphatic carbocycles. The molecule has 0 saturated carbocycles. The van der Waals surface area contributed by atoms with Crippen molar-refractivity contribution in [2.75, 3.05) is 11.9 Å².